The van der Waals surface area contributed by atoms with E-state index in [0.29, 0.717) is 24.6 Å². The molecule has 1 aliphatic carbocycles. The number of pyridine rings is 1. The van der Waals surface area contributed by atoms with Gasteiger partial charge in [0.15, 0.2) is 0 Å². The molecule has 1 aromatic heterocycles. The van der Waals surface area contributed by atoms with Crippen molar-refractivity contribution in [1.29, 1.82) is 0 Å². The molecule has 1 heterocycles. The first kappa shape index (κ1) is 24.6. The molecule has 0 radical (unpaired) electrons. The largest absolute Gasteiger partial charge is 0.478 e. The standard InChI is InChI=1S/C25H30F3N3O2/c1-2-17-6-7-21(14-19(17)8-12-29-11-3-10-25(26,27)28)30-13-9-23-22(24(32)33)15-20(16-31-23)18-4-5-18/h6-8,12,14-16,18,29-30H,2-5,9-11,13H2,1H3,(H,32,33)/b12-8-. The summed E-state index contributed by atoms with van der Waals surface area (Å²) in [5, 5.41) is 15.8. The van der Waals surface area contributed by atoms with Gasteiger partial charge in [-0.05, 0) is 78.8 Å². The van der Waals surface area contributed by atoms with Gasteiger partial charge in [0.05, 0.1) is 11.3 Å². The van der Waals surface area contributed by atoms with Crippen LogP contribution in [0.2, 0.25) is 0 Å². The van der Waals surface area contributed by atoms with Crippen LogP contribution in [0.1, 0.15) is 71.3 Å². The SMILES string of the molecule is CCc1ccc(NCCc2ncc(C3CC3)cc2C(=O)O)cc1/C=C\NCCCC(F)(F)F. The fourth-order valence-corrected chi connectivity index (χ4v) is 3.66. The molecule has 3 rings (SSSR count). The normalized spacial score (nSPS) is 13.9. The maximum absolute atomic E-state index is 12.2. The molecule has 0 unspecified atom stereocenters. The predicted molar refractivity (Wildman–Crippen MR) is 124 cm³/mol. The Balaban J connectivity index is 1.56. The first-order chi connectivity index (χ1) is 15.8. The zero-order valence-electron chi connectivity index (χ0n) is 18.7. The Morgan fingerprint density at radius 3 is 2.70 bits per heavy atom. The van der Waals surface area contributed by atoms with Crippen molar-refractivity contribution in [3.05, 3.63) is 64.6 Å². The van der Waals surface area contributed by atoms with E-state index in [0.717, 1.165) is 41.6 Å². The van der Waals surface area contributed by atoms with Crippen LogP contribution < -0.4 is 10.6 Å². The summed E-state index contributed by atoms with van der Waals surface area (Å²) in [6, 6.07) is 7.71. The minimum atomic E-state index is -4.12. The lowest BCUT2D eigenvalue weighted by Gasteiger charge is -2.12. The molecule has 0 saturated heterocycles. The zero-order valence-corrected chi connectivity index (χ0v) is 18.7. The lowest BCUT2D eigenvalue weighted by molar-refractivity contribution is -0.135. The third-order valence-corrected chi connectivity index (χ3v) is 5.65. The van der Waals surface area contributed by atoms with Crippen LogP contribution >= 0.6 is 0 Å². The van der Waals surface area contributed by atoms with Crippen LogP contribution in [0.15, 0.2) is 36.7 Å². The van der Waals surface area contributed by atoms with Crippen molar-refractivity contribution in [2.24, 2.45) is 0 Å². The minimum Gasteiger partial charge on any atom is -0.478 e. The van der Waals surface area contributed by atoms with Crippen LogP contribution in [0.3, 0.4) is 0 Å². The summed E-state index contributed by atoms with van der Waals surface area (Å²) in [7, 11) is 0. The van der Waals surface area contributed by atoms with Gasteiger partial charge in [0, 0.05) is 37.8 Å². The Hall–Kier alpha value is -3.03. The molecule has 8 heteroatoms. The smallest absolute Gasteiger partial charge is 0.389 e. The maximum atomic E-state index is 12.2. The Labute approximate surface area is 192 Å². The molecule has 0 spiro atoms. The second kappa shape index (κ2) is 11.2. The Morgan fingerprint density at radius 2 is 2.03 bits per heavy atom. The van der Waals surface area contributed by atoms with Gasteiger partial charge in [-0.3, -0.25) is 4.98 Å². The number of benzene rings is 1. The van der Waals surface area contributed by atoms with Gasteiger partial charge in [0.25, 0.3) is 0 Å². The first-order valence-electron chi connectivity index (χ1n) is 11.3. The highest BCUT2D eigenvalue weighted by Gasteiger charge is 2.26. The Kier molecular flexibility index (Phi) is 8.36. The zero-order chi connectivity index (χ0) is 23.8. The summed E-state index contributed by atoms with van der Waals surface area (Å²) in [5.41, 5.74) is 4.82. The number of hydrogen-bond acceptors (Lipinski definition) is 4. The highest BCUT2D eigenvalue weighted by molar-refractivity contribution is 5.89. The van der Waals surface area contributed by atoms with Crippen molar-refractivity contribution >= 4 is 17.7 Å². The third-order valence-electron chi connectivity index (χ3n) is 5.65. The Morgan fingerprint density at radius 1 is 1.24 bits per heavy atom. The predicted octanol–water partition coefficient (Wildman–Crippen LogP) is 5.78. The molecule has 3 N–H and O–H groups in total. The van der Waals surface area contributed by atoms with Crippen molar-refractivity contribution in [2.45, 2.75) is 57.5 Å². The number of nitrogens with one attached hydrogen (secondary N) is 2. The van der Waals surface area contributed by atoms with Crippen LogP contribution in [-0.4, -0.2) is 35.3 Å². The molecule has 1 aliphatic rings. The minimum absolute atomic E-state index is 0.0318. The van der Waals surface area contributed by atoms with E-state index >= 15 is 0 Å². The van der Waals surface area contributed by atoms with Gasteiger partial charge in [-0.1, -0.05) is 13.0 Å². The summed E-state index contributed by atoms with van der Waals surface area (Å²) >= 11 is 0. The maximum Gasteiger partial charge on any atom is 0.389 e. The van der Waals surface area contributed by atoms with Crippen LogP contribution in [0.25, 0.3) is 6.08 Å². The summed E-state index contributed by atoms with van der Waals surface area (Å²) in [6.07, 6.45) is 3.93. The third kappa shape index (κ3) is 7.80. The van der Waals surface area contributed by atoms with Crippen molar-refractivity contribution in [2.75, 3.05) is 18.4 Å². The molecular weight excluding hydrogens is 431 g/mol. The number of carboxylic acid groups (broad SMARTS) is 1. The van der Waals surface area contributed by atoms with E-state index in [1.807, 2.05) is 31.2 Å². The lowest BCUT2D eigenvalue weighted by Crippen LogP contribution is -2.13. The van der Waals surface area contributed by atoms with Gasteiger partial charge in [0.2, 0.25) is 0 Å². The van der Waals surface area contributed by atoms with E-state index in [4.69, 9.17) is 0 Å². The second-order valence-corrected chi connectivity index (χ2v) is 8.29. The molecular formula is C25H30F3N3O2. The summed E-state index contributed by atoms with van der Waals surface area (Å²) in [5.74, 6) is -0.507. The van der Waals surface area contributed by atoms with Crippen LogP contribution in [0.5, 0.6) is 0 Å². The number of alkyl halides is 3. The molecule has 1 aromatic carbocycles. The first-order valence-corrected chi connectivity index (χ1v) is 11.3. The highest BCUT2D eigenvalue weighted by atomic mass is 19.4. The van der Waals surface area contributed by atoms with Gasteiger partial charge >= 0.3 is 12.1 Å². The van der Waals surface area contributed by atoms with Crippen LogP contribution in [-0.2, 0) is 12.8 Å². The summed E-state index contributed by atoms with van der Waals surface area (Å²) in [6.45, 7) is 2.83. The number of anilines is 1. The van der Waals surface area contributed by atoms with E-state index in [9.17, 15) is 23.1 Å². The average molecular weight is 462 g/mol. The van der Waals surface area contributed by atoms with Gasteiger partial charge in [-0.15, -0.1) is 0 Å². The molecule has 2 aromatic rings. The fourth-order valence-electron chi connectivity index (χ4n) is 3.66. The molecule has 178 valence electrons. The van der Waals surface area contributed by atoms with Gasteiger partial charge in [0.1, 0.15) is 0 Å². The topological polar surface area (TPSA) is 74.2 Å². The summed E-state index contributed by atoms with van der Waals surface area (Å²) < 4.78 is 36.6. The van der Waals surface area contributed by atoms with Gasteiger partial charge in [-0.25, -0.2) is 4.79 Å². The van der Waals surface area contributed by atoms with Gasteiger partial charge in [-0.2, -0.15) is 13.2 Å². The number of halogens is 3. The van der Waals surface area contributed by atoms with E-state index in [-0.39, 0.29) is 18.5 Å². The molecule has 0 amide bonds. The van der Waals surface area contributed by atoms with E-state index in [1.165, 1.54) is 0 Å². The van der Waals surface area contributed by atoms with Crippen LogP contribution in [0.4, 0.5) is 18.9 Å². The fraction of sp³-hybridized carbons (Fsp3) is 0.440. The van der Waals surface area contributed by atoms with E-state index in [2.05, 4.69) is 15.6 Å². The van der Waals surface area contributed by atoms with Crippen molar-refractivity contribution < 1.29 is 23.1 Å². The number of aromatic carboxylic acids is 1. The van der Waals surface area contributed by atoms with Crippen molar-refractivity contribution in [3.8, 4) is 0 Å². The number of nitrogens with zero attached hydrogens (tertiary/aromatic N) is 1. The lowest BCUT2D eigenvalue weighted by atomic mass is 10.0. The Bertz CT molecular complexity index is 985. The molecule has 33 heavy (non-hydrogen) atoms. The van der Waals surface area contributed by atoms with Gasteiger partial charge < -0.3 is 15.7 Å². The molecule has 5 nitrogen and oxygen atoms in total. The number of rotatable bonds is 12. The molecule has 0 atom stereocenters. The highest BCUT2D eigenvalue weighted by Crippen LogP contribution is 2.40. The van der Waals surface area contributed by atoms with Crippen LogP contribution in [0, 0.1) is 0 Å². The monoisotopic (exact) mass is 461 g/mol. The number of carbonyl (C=O) groups is 1. The second-order valence-electron chi connectivity index (χ2n) is 8.29. The van der Waals surface area contributed by atoms with Crippen molar-refractivity contribution in [1.82, 2.24) is 10.3 Å². The van der Waals surface area contributed by atoms with E-state index in [1.54, 1.807) is 18.5 Å². The van der Waals surface area contributed by atoms with Crippen molar-refractivity contribution in [3.63, 3.8) is 0 Å². The number of hydrogen-bond donors (Lipinski definition) is 3. The number of aromatic nitrogens is 1. The molecule has 0 bridgehead atoms. The quantitative estimate of drug-likeness (QED) is 0.350. The number of aryl methyl sites for hydroxylation is 1. The summed E-state index contributed by atoms with van der Waals surface area (Å²) in [4.78, 5) is 16.1. The molecule has 0 aliphatic heterocycles. The molecule has 1 fully saturated rings. The average Bonchev–Trinajstić information content (AvgIpc) is 3.61. The number of carboxylic acids is 1. The molecule has 1 saturated carbocycles. The van der Waals surface area contributed by atoms with E-state index < -0.39 is 18.6 Å².